The molecule has 1 amide bonds. The van der Waals surface area contributed by atoms with Crippen molar-refractivity contribution in [1.29, 1.82) is 0 Å². The van der Waals surface area contributed by atoms with Gasteiger partial charge in [0.1, 0.15) is 5.75 Å². The summed E-state index contributed by atoms with van der Waals surface area (Å²) in [6.45, 7) is 5.85. The van der Waals surface area contributed by atoms with Crippen molar-refractivity contribution in [3.63, 3.8) is 0 Å². The minimum absolute atomic E-state index is 0.122. The Morgan fingerprint density at radius 2 is 2.12 bits per heavy atom. The molecule has 1 heterocycles. The van der Waals surface area contributed by atoms with Crippen LogP contribution in [-0.4, -0.2) is 34.2 Å². The zero-order valence-corrected chi connectivity index (χ0v) is 17.7. The lowest BCUT2D eigenvalue weighted by atomic mass is 10.2. The Morgan fingerprint density at radius 3 is 2.80 bits per heavy atom. The molecule has 0 saturated carbocycles. The summed E-state index contributed by atoms with van der Waals surface area (Å²) in [4.78, 5) is 12.5. The molecule has 0 unspecified atom stereocenters. The van der Waals surface area contributed by atoms with Gasteiger partial charge in [0, 0.05) is 16.8 Å². The number of ether oxygens (including phenoxy) is 1. The van der Waals surface area contributed by atoms with Crippen LogP contribution >= 0.6 is 46.5 Å². The Kier molecular flexibility index (Phi) is 7.86. The second-order valence-electron chi connectivity index (χ2n) is 5.23. The van der Waals surface area contributed by atoms with Crippen molar-refractivity contribution in [2.45, 2.75) is 41.1 Å². The van der Waals surface area contributed by atoms with E-state index >= 15 is 0 Å². The predicted molar refractivity (Wildman–Crippen MR) is 108 cm³/mol. The molecule has 1 N–H and O–H groups in total. The fourth-order valence-corrected chi connectivity index (χ4v) is 5.10. The zero-order chi connectivity index (χ0) is 18.4. The van der Waals surface area contributed by atoms with Crippen molar-refractivity contribution in [2.75, 3.05) is 18.2 Å². The van der Waals surface area contributed by atoms with Crippen LogP contribution in [0.5, 0.6) is 5.75 Å². The number of carbonyl (C=O) groups excluding carboxylic acids is 1. The summed E-state index contributed by atoms with van der Waals surface area (Å²) in [6.07, 6.45) is 1.09. The minimum atomic E-state index is -0.308. The Balaban J connectivity index is 2.01. The van der Waals surface area contributed by atoms with E-state index in [1.54, 1.807) is 31.0 Å². The van der Waals surface area contributed by atoms with Crippen molar-refractivity contribution < 1.29 is 9.53 Å². The normalized spacial score (nSPS) is 12.0. The topological polar surface area (TPSA) is 64.1 Å². The van der Waals surface area contributed by atoms with Crippen molar-refractivity contribution in [2.24, 2.45) is 0 Å². The third kappa shape index (κ3) is 5.77. The van der Waals surface area contributed by atoms with Gasteiger partial charge in [-0.1, -0.05) is 53.4 Å². The van der Waals surface area contributed by atoms with Crippen molar-refractivity contribution in [3.05, 3.63) is 22.7 Å². The molecular weight excluding hydrogens is 398 g/mol. The first-order valence-corrected chi connectivity index (χ1v) is 10.8. The SMILES string of the molecule is CCCSc1nnc(S[C@H](C)C(=O)Nc2cc(C)c(Cl)cc2OC)s1. The van der Waals surface area contributed by atoms with Gasteiger partial charge in [0.05, 0.1) is 18.0 Å². The second-order valence-corrected chi connectivity index (χ2v) is 9.55. The zero-order valence-electron chi connectivity index (χ0n) is 14.5. The number of halogens is 1. The summed E-state index contributed by atoms with van der Waals surface area (Å²) < 4.78 is 7.02. The van der Waals surface area contributed by atoms with E-state index in [2.05, 4.69) is 22.4 Å². The molecule has 1 aromatic heterocycles. The number of benzene rings is 1. The Hall–Kier alpha value is -0.960. The number of thioether (sulfide) groups is 2. The first-order valence-electron chi connectivity index (χ1n) is 7.72. The number of hydrogen-bond acceptors (Lipinski definition) is 7. The lowest BCUT2D eigenvalue weighted by molar-refractivity contribution is -0.115. The van der Waals surface area contributed by atoms with Crippen LogP contribution in [0.3, 0.4) is 0 Å². The lowest BCUT2D eigenvalue weighted by Crippen LogP contribution is -2.22. The highest BCUT2D eigenvalue weighted by molar-refractivity contribution is 8.03. The molecule has 0 spiro atoms. The van der Waals surface area contributed by atoms with Crippen LogP contribution in [-0.2, 0) is 4.79 Å². The molecule has 1 aromatic carbocycles. The second kappa shape index (κ2) is 9.66. The Morgan fingerprint density at radius 1 is 1.40 bits per heavy atom. The molecule has 0 radical (unpaired) electrons. The summed E-state index contributed by atoms with van der Waals surface area (Å²) >= 11 is 10.7. The van der Waals surface area contributed by atoms with Crippen molar-refractivity contribution in [3.8, 4) is 5.75 Å². The fraction of sp³-hybridized carbons (Fsp3) is 0.438. The number of rotatable bonds is 8. The Bertz CT molecular complexity index is 739. The van der Waals surface area contributed by atoms with Crippen LogP contribution in [0.2, 0.25) is 5.02 Å². The smallest absolute Gasteiger partial charge is 0.237 e. The molecule has 0 fully saturated rings. The number of nitrogens with one attached hydrogen (secondary N) is 1. The van der Waals surface area contributed by atoms with Crippen molar-refractivity contribution in [1.82, 2.24) is 10.2 Å². The summed E-state index contributed by atoms with van der Waals surface area (Å²) in [5, 5.41) is 11.5. The molecule has 0 aliphatic heterocycles. The Labute approximate surface area is 165 Å². The average molecular weight is 418 g/mol. The number of aromatic nitrogens is 2. The van der Waals surface area contributed by atoms with Gasteiger partial charge in [-0.25, -0.2) is 0 Å². The molecule has 136 valence electrons. The van der Waals surface area contributed by atoms with Gasteiger partial charge in [-0.15, -0.1) is 10.2 Å². The van der Waals surface area contributed by atoms with Crippen LogP contribution in [0, 0.1) is 6.92 Å². The van der Waals surface area contributed by atoms with E-state index < -0.39 is 0 Å². The van der Waals surface area contributed by atoms with Gasteiger partial charge in [0.15, 0.2) is 8.68 Å². The molecule has 0 bridgehead atoms. The standard InChI is InChI=1S/C16H20ClN3O2S3/c1-5-6-23-15-19-20-16(25-15)24-10(3)14(21)18-12-7-9(2)11(17)8-13(12)22-4/h7-8,10H,5-6H2,1-4H3,(H,18,21)/t10-/m1/s1. The third-order valence-electron chi connectivity index (χ3n) is 3.20. The summed E-state index contributed by atoms with van der Waals surface area (Å²) in [5.41, 5.74) is 1.48. The van der Waals surface area contributed by atoms with Crippen molar-refractivity contribution >= 4 is 58.1 Å². The third-order valence-corrected chi connectivity index (χ3v) is 7.06. The van der Waals surface area contributed by atoms with Gasteiger partial charge in [-0.3, -0.25) is 4.79 Å². The highest BCUT2D eigenvalue weighted by atomic mass is 35.5. The summed E-state index contributed by atoms with van der Waals surface area (Å²) in [7, 11) is 1.55. The monoisotopic (exact) mass is 417 g/mol. The molecule has 0 saturated heterocycles. The van der Waals surface area contributed by atoms with Crippen LogP contribution in [0.1, 0.15) is 25.8 Å². The summed E-state index contributed by atoms with van der Waals surface area (Å²) in [6, 6.07) is 3.51. The van der Waals surface area contributed by atoms with Crippen LogP contribution in [0.25, 0.3) is 0 Å². The number of methoxy groups -OCH3 is 1. The van der Waals surface area contributed by atoms with E-state index in [1.165, 1.54) is 23.1 Å². The summed E-state index contributed by atoms with van der Waals surface area (Å²) in [5.74, 6) is 1.43. The number of anilines is 1. The lowest BCUT2D eigenvalue weighted by Gasteiger charge is -2.14. The molecule has 0 aliphatic rings. The highest BCUT2D eigenvalue weighted by Crippen LogP contribution is 2.34. The molecule has 2 aromatic rings. The number of aryl methyl sites for hydroxylation is 1. The first-order chi connectivity index (χ1) is 11.9. The van der Waals surface area contributed by atoms with E-state index in [-0.39, 0.29) is 11.2 Å². The van der Waals surface area contributed by atoms with Crippen LogP contribution in [0.4, 0.5) is 5.69 Å². The largest absolute Gasteiger partial charge is 0.495 e. The van der Waals surface area contributed by atoms with E-state index in [4.69, 9.17) is 16.3 Å². The molecule has 9 heteroatoms. The first kappa shape index (κ1) is 20.4. The molecule has 2 rings (SSSR count). The van der Waals surface area contributed by atoms with E-state index in [0.29, 0.717) is 16.5 Å². The van der Waals surface area contributed by atoms with Gasteiger partial charge in [-0.2, -0.15) is 0 Å². The quantitative estimate of drug-likeness (QED) is 0.600. The van der Waals surface area contributed by atoms with E-state index in [0.717, 1.165) is 26.4 Å². The minimum Gasteiger partial charge on any atom is -0.495 e. The van der Waals surface area contributed by atoms with E-state index in [9.17, 15) is 4.79 Å². The maximum absolute atomic E-state index is 12.5. The van der Waals surface area contributed by atoms with Crippen LogP contribution in [0.15, 0.2) is 20.8 Å². The van der Waals surface area contributed by atoms with Crippen LogP contribution < -0.4 is 10.1 Å². The molecule has 0 aliphatic carbocycles. The van der Waals surface area contributed by atoms with Gasteiger partial charge in [-0.05, 0) is 31.9 Å². The maximum Gasteiger partial charge on any atom is 0.237 e. The van der Waals surface area contributed by atoms with Gasteiger partial charge in [0.2, 0.25) is 5.91 Å². The average Bonchev–Trinajstić information content (AvgIpc) is 3.03. The molecule has 5 nitrogen and oxygen atoms in total. The van der Waals surface area contributed by atoms with Gasteiger partial charge in [0.25, 0.3) is 0 Å². The maximum atomic E-state index is 12.5. The number of nitrogens with zero attached hydrogens (tertiary/aromatic N) is 2. The number of carbonyl (C=O) groups is 1. The van der Waals surface area contributed by atoms with E-state index in [1.807, 2.05) is 13.8 Å². The van der Waals surface area contributed by atoms with Gasteiger partial charge < -0.3 is 10.1 Å². The van der Waals surface area contributed by atoms with Gasteiger partial charge >= 0.3 is 0 Å². The number of hydrogen-bond donors (Lipinski definition) is 1. The number of amides is 1. The fourth-order valence-electron chi connectivity index (χ4n) is 1.86. The highest BCUT2D eigenvalue weighted by Gasteiger charge is 2.19. The molecule has 25 heavy (non-hydrogen) atoms. The molecule has 1 atom stereocenters. The predicted octanol–water partition coefficient (Wildman–Crippen LogP) is 5.13. The molecular formula is C16H20ClN3O2S3.